The normalized spacial score (nSPS) is 14.3. The zero-order valence-corrected chi connectivity index (χ0v) is 11.7. The van der Waals surface area contributed by atoms with Gasteiger partial charge in [0.25, 0.3) is 0 Å². The topological polar surface area (TPSA) is 56.7 Å². The lowest BCUT2D eigenvalue weighted by Crippen LogP contribution is -2.25. The van der Waals surface area contributed by atoms with Crippen molar-refractivity contribution in [3.63, 3.8) is 0 Å². The molecular weight excluding hydrogens is 236 g/mol. The van der Waals surface area contributed by atoms with Crippen LogP contribution in [0.5, 0.6) is 0 Å². The van der Waals surface area contributed by atoms with E-state index in [4.69, 9.17) is 5.73 Å². The second-order valence-electron chi connectivity index (χ2n) is 5.07. The molecule has 0 bridgehead atoms. The van der Waals surface area contributed by atoms with Crippen molar-refractivity contribution < 1.29 is 0 Å². The highest BCUT2D eigenvalue weighted by atomic mass is 15.3. The van der Waals surface area contributed by atoms with Gasteiger partial charge in [0.15, 0.2) is 0 Å². The Balaban J connectivity index is 1.92. The molecule has 0 spiro atoms. The molecule has 0 aliphatic carbocycles. The average molecular weight is 258 g/mol. The fraction of sp³-hybridized carbons (Fsp3) is 0.467. The predicted molar refractivity (Wildman–Crippen MR) is 76.8 cm³/mol. The summed E-state index contributed by atoms with van der Waals surface area (Å²) >= 11 is 0. The second-order valence-corrected chi connectivity index (χ2v) is 5.07. The fourth-order valence-corrected chi connectivity index (χ4v) is 2.08. The van der Waals surface area contributed by atoms with Crippen molar-refractivity contribution in [2.75, 3.05) is 0 Å². The lowest BCUT2D eigenvalue weighted by Gasteiger charge is -2.11. The molecule has 2 aromatic rings. The molecule has 2 unspecified atom stereocenters. The Morgan fingerprint density at radius 1 is 1.21 bits per heavy atom. The van der Waals surface area contributed by atoms with Crippen LogP contribution in [0.3, 0.4) is 0 Å². The first-order valence-electron chi connectivity index (χ1n) is 6.87. The molecule has 2 aromatic heterocycles. The maximum atomic E-state index is 6.19. The molecule has 2 heterocycles. The monoisotopic (exact) mass is 258 g/mol. The van der Waals surface area contributed by atoms with Gasteiger partial charge in [0, 0.05) is 37.1 Å². The van der Waals surface area contributed by atoms with Gasteiger partial charge in [-0.15, -0.1) is 0 Å². The molecule has 4 heteroatoms. The molecule has 0 fully saturated rings. The standard InChI is InChI=1S/C15H22N4/c1-3-12(2)19-9-6-15(18-19)11-14(16)10-13-4-7-17-8-5-13/h4-9,12,14H,3,10-11,16H2,1-2H3. The van der Waals surface area contributed by atoms with Crippen LogP contribution in [-0.2, 0) is 12.8 Å². The molecule has 0 aliphatic heterocycles. The van der Waals surface area contributed by atoms with Gasteiger partial charge in [0.2, 0.25) is 0 Å². The molecule has 0 radical (unpaired) electrons. The number of aromatic nitrogens is 3. The van der Waals surface area contributed by atoms with Crippen LogP contribution in [0.1, 0.15) is 37.6 Å². The van der Waals surface area contributed by atoms with E-state index in [2.05, 4.69) is 30.0 Å². The minimum atomic E-state index is 0.0997. The van der Waals surface area contributed by atoms with Crippen LogP contribution in [0.15, 0.2) is 36.8 Å². The summed E-state index contributed by atoms with van der Waals surface area (Å²) in [7, 11) is 0. The van der Waals surface area contributed by atoms with Crippen LogP contribution in [0.2, 0.25) is 0 Å². The maximum absolute atomic E-state index is 6.19. The molecule has 0 saturated heterocycles. The van der Waals surface area contributed by atoms with Crippen LogP contribution in [-0.4, -0.2) is 20.8 Å². The smallest absolute Gasteiger partial charge is 0.0640 e. The van der Waals surface area contributed by atoms with Crippen LogP contribution < -0.4 is 5.73 Å². The summed E-state index contributed by atoms with van der Waals surface area (Å²) < 4.78 is 2.02. The first-order chi connectivity index (χ1) is 9.19. The molecule has 0 saturated carbocycles. The Morgan fingerprint density at radius 3 is 2.63 bits per heavy atom. The minimum Gasteiger partial charge on any atom is -0.327 e. The van der Waals surface area contributed by atoms with E-state index in [1.807, 2.05) is 23.0 Å². The summed E-state index contributed by atoms with van der Waals surface area (Å²) in [6.07, 6.45) is 8.41. The first kappa shape index (κ1) is 13.7. The van der Waals surface area contributed by atoms with Crippen molar-refractivity contribution in [2.45, 2.75) is 45.2 Å². The Labute approximate surface area is 114 Å². The number of nitrogens with zero attached hydrogens (tertiary/aromatic N) is 3. The summed E-state index contributed by atoms with van der Waals surface area (Å²) in [6, 6.07) is 6.64. The van der Waals surface area contributed by atoms with E-state index in [0.29, 0.717) is 6.04 Å². The van der Waals surface area contributed by atoms with Crippen molar-refractivity contribution in [3.05, 3.63) is 48.0 Å². The molecule has 2 rings (SSSR count). The van der Waals surface area contributed by atoms with E-state index in [1.165, 1.54) is 5.56 Å². The zero-order valence-electron chi connectivity index (χ0n) is 11.7. The van der Waals surface area contributed by atoms with Crippen LogP contribution in [0.25, 0.3) is 0 Å². The van der Waals surface area contributed by atoms with E-state index < -0.39 is 0 Å². The third kappa shape index (κ3) is 3.89. The average Bonchev–Trinajstić information content (AvgIpc) is 2.87. The van der Waals surface area contributed by atoms with E-state index in [0.717, 1.165) is 25.0 Å². The SMILES string of the molecule is CCC(C)n1ccc(CC(N)Cc2ccncc2)n1. The van der Waals surface area contributed by atoms with Gasteiger partial charge in [-0.05, 0) is 43.5 Å². The van der Waals surface area contributed by atoms with Gasteiger partial charge in [-0.1, -0.05) is 6.92 Å². The van der Waals surface area contributed by atoms with Gasteiger partial charge in [-0.2, -0.15) is 5.10 Å². The molecule has 2 atom stereocenters. The number of nitrogens with two attached hydrogens (primary N) is 1. The summed E-state index contributed by atoms with van der Waals surface area (Å²) in [5.74, 6) is 0. The highest BCUT2D eigenvalue weighted by molar-refractivity contribution is 5.12. The minimum absolute atomic E-state index is 0.0997. The van der Waals surface area contributed by atoms with Gasteiger partial charge in [-0.25, -0.2) is 0 Å². The lowest BCUT2D eigenvalue weighted by molar-refractivity contribution is 0.471. The van der Waals surface area contributed by atoms with Gasteiger partial charge >= 0.3 is 0 Å². The van der Waals surface area contributed by atoms with Gasteiger partial charge in [-0.3, -0.25) is 9.67 Å². The predicted octanol–water partition coefficient (Wildman–Crippen LogP) is 2.36. The van der Waals surface area contributed by atoms with Crippen molar-refractivity contribution >= 4 is 0 Å². The summed E-state index contributed by atoms with van der Waals surface area (Å²) in [5, 5.41) is 4.59. The Hall–Kier alpha value is -1.68. The second kappa shape index (κ2) is 6.48. The van der Waals surface area contributed by atoms with E-state index in [9.17, 15) is 0 Å². The molecular formula is C15H22N4. The fourth-order valence-electron chi connectivity index (χ4n) is 2.08. The van der Waals surface area contributed by atoms with Gasteiger partial charge in [0.05, 0.1) is 5.69 Å². The summed E-state index contributed by atoms with van der Waals surface area (Å²) in [5.41, 5.74) is 8.48. The lowest BCUT2D eigenvalue weighted by atomic mass is 10.0. The third-order valence-electron chi connectivity index (χ3n) is 3.42. The van der Waals surface area contributed by atoms with Gasteiger partial charge < -0.3 is 5.73 Å². The molecule has 2 N–H and O–H groups in total. The quantitative estimate of drug-likeness (QED) is 0.865. The molecule has 19 heavy (non-hydrogen) atoms. The highest BCUT2D eigenvalue weighted by Crippen LogP contribution is 2.11. The van der Waals surface area contributed by atoms with Crippen LogP contribution in [0.4, 0.5) is 0 Å². The number of hydrogen-bond donors (Lipinski definition) is 1. The maximum Gasteiger partial charge on any atom is 0.0640 e. The number of pyridine rings is 1. The van der Waals surface area contributed by atoms with Crippen molar-refractivity contribution in [1.29, 1.82) is 0 Å². The number of hydrogen-bond acceptors (Lipinski definition) is 3. The van der Waals surface area contributed by atoms with Gasteiger partial charge in [0.1, 0.15) is 0 Å². The van der Waals surface area contributed by atoms with Crippen molar-refractivity contribution in [3.8, 4) is 0 Å². The summed E-state index contributed by atoms with van der Waals surface area (Å²) in [6.45, 7) is 4.34. The third-order valence-corrected chi connectivity index (χ3v) is 3.42. The molecule has 0 amide bonds. The molecule has 0 aliphatic rings. The first-order valence-corrected chi connectivity index (χ1v) is 6.87. The number of rotatable bonds is 6. The Morgan fingerprint density at radius 2 is 1.95 bits per heavy atom. The molecule has 102 valence electrons. The largest absolute Gasteiger partial charge is 0.327 e. The van der Waals surface area contributed by atoms with E-state index in [1.54, 1.807) is 12.4 Å². The van der Waals surface area contributed by atoms with E-state index in [-0.39, 0.29) is 6.04 Å². The highest BCUT2D eigenvalue weighted by Gasteiger charge is 2.09. The van der Waals surface area contributed by atoms with Crippen LogP contribution >= 0.6 is 0 Å². The van der Waals surface area contributed by atoms with Crippen molar-refractivity contribution in [1.82, 2.24) is 14.8 Å². The Bertz CT molecular complexity index is 492. The summed E-state index contributed by atoms with van der Waals surface area (Å²) in [4.78, 5) is 4.01. The Kier molecular flexibility index (Phi) is 4.68. The van der Waals surface area contributed by atoms with Crippen LogP contribution in [0, 0.1) is 0 Å². The van der Waals surface area contributed by atoms with E-state index >= 15 is 0 Å². The zero-order chi connectivity index (χ0) is 13.7. The van der Waals surface area contributed by atoms with Crippen molar-refractivity contribution in [2.24, 2.45) is 5.73 Å². The molecule has 0 aromatic carbocycles. The molecule has 4 nitrogen and oxygen atoms in total.